The van der Waals surface area contributed by atoms with Crippen molar-refractivity contribution in [3.05, 3.63) is 24.3 Å². The predicted molar refractivity (Wildman–Crippen MR) is 76.8 cm³/mol. The minimum atomic E-state index is -0.0308. The van der Waals surface area contributed by atoms with E-state index in [9.17, 15) is 4.79 Å². The van der Waals surface area contributed by atoms with Crippen LogP contribution in [0.4, 0.5) is 5.69 Å². The molecular weight excluding hydrogens is 244 g/mol. The quantitative estimate of drug-likeness (QED) is 0.825. The Hall–Kier alpha value is -1.00. The lowest BCUT2D eigenvalue weighted by Crippen LogP contribution is -2.40. The number of nitrogens with one attached hydrogen (secondary N) is 1. The molecule has 0 aliphatic heterocycles. The summed E-state index contributed by atoms with van der Waals surface area (Å²) in [5.41, 5.74) is 6.89. The van der Waals surface area contributed by atoms with Crippen molar-refractivity contribution in [2.45, 2.75) is 36.6 Å². The molecule has 0 radical (unpaired) electrons. The molecule has 0 spiro atoms. The van der Waals surface area contributed by atoms with E-state index < -0.39 is 0 Å². The van der Waals surface area contributed by atoms with Crippen molar-refractivity contribution in [1.82, 2.24) is 0 Å². The molecule has 4 heteroatoms. The van der Waals surface area contributed by atoms with Gasteiger partial charge in [-0.25, -0.2) is 0 Å². The molecule has 2 rings (SSSR count). The van der Waals surface area contributed by atoms with Gasteiger partial charge < -0.3 is 11.1 Å². The van der Waals surface area contributed by atoms with Crippen molar-refractivity contribution in [2.24, 2.45) is 11.7 Å². The van der Waals surface area contributed by atoms with E-state index in [1.54, 1.807) is 11.8 Å². The average Bonchev–Trinajstić information content (AvgIpc) is 2.39. The first-order valence-corrected chi connectivity index (χ1v) is 7.63. The zero-order chi connectivity index (χ0) is 13.0. The largest absolute Gasteiger partial charge is 0.327 e. The van der Waals surface area contributed by atoms with Crippen LogP contribution in [0.1, 0.15) is 25.7 Å². The Balaban J connectivity index is 2.01. The van der Waals surface area contributed by atoms with Crippen LogP contribution in [-0.4, -0.2) is 18.2 Å². The van der Waals surface area contributed by atoms with Crippen LogP contribution in [0, 0.1) is 5.92 Å². The number of nitrogens with two attached hydrogens (primary N) is 1. The second-order valence-electron chi connectivity index (χ2n) is 4.78. The topological polar surface area (TPSA) is 55.1 Å². The number of benzene rings is 1. The van der Waals surface area contributed by atoms with Crippen LogP contribution >= 0.6 is 11.8 Å². The first-order chi connectivity index (χ1) is 8.70. The number of carbonyl (C=O) groups is 1. The maximum absolute atomic E-state index is 12.2. The maximum atomic E-state index is 12.2. The summed E-state index contributed by atoms with van der Waals surface area (Å²) in [5, 5.41) is 2.98. The van der Waals surface area contributed by atoms with Crippen molar-refractivity contribution < 1.29 is 4.79 Å². The SMILES string of the molecule is CSc1cccc(NC(=O)C2CCCCC2N)c1. The van der Waals surface area contributed by atoms with Gasteiger partial charge in [-0.15, -0.1) is 11.8 Å². The molecule has 0 bridgehead atoms. The monoisotopic (exact) mass is 264 g/mol. The molecule has 1 aliphatic rings. The van der Waals surface area contributed by atoms with E-state index in [2.05, 4.69) is 5.32 Å². The highest BCUT2D eigenvalue weighted by molar-refractivity contribution is 7.98. The summed E-state index contributed by atoms with van der Waals surface area (Å²) < 4.78 is 0. The minimum Gasteiger partial charge on any atom is -0.327 e. The third kappa shape index (κ3) is 3.27. The van der Waals surface area contributed by atoms with Gasteiger partial charge in [-0.1, -0.05) is 18.9 Å². The van der Waals surface area contributed by atoms with Crippen LogP contribution in [0.2, 0.25) is 0 Å². The van der Waals surface area contributed by atoms with Gasteiger partial charge in [0.1, 0.15) is 0 Å². The van der Waals surface area contributed by atoms with Crippen molar-refractivity contribution in [3.8, 4) is 0 Å². The van der Waals surface area contributed by atoms with Gasteiger partial charge in [0, 0.05) is 16.6 Å². The summed E-state index contributed by atoms with van der Waals surface area (Å²) in [6.07, 6.45) is 6.15. The highest BCUT2D eigenvalue weighted by Gasteiger charge is 2.28. The molecular formula is C14H20N2OS. The van der Waals surface area contributed by atoms with Gasteiger partial charge in [0.15, 0.2) is 0 Å². The lowest BCUT2D eigenvalue weighted by molar-refractivity contribution is -0.121. The second-order valence-corrected chi connectivity index (χ2v) is 5.66. The molecule has 2 unspecified atom stereocenters. The van der Waals surface area contributed by atoms with E-state index in [0.717, 1.165) is 36.3 Å². The Bertz CT molecular complexity index is 422. The second kappa shape index (κ2) is 6.25. The van der Waals surface area contributed by atoms with Gasteiger partial charge in [-0.2, -0.15) is 0 Å². The molecule has 2 atom stereocenters. The fraction of sp³-hybridized carbons (Fsp3) is 0.500. The van der Waals surface area contributed by atoms with Crippen LogP contribution in [0.3, 0.4) is 0 Å². The Labute approximate surface area is 113 Å². The summed E-state index contributed by atoms with van der Waals surface area (Å²) in [6.45, 7) is 0. The molecule has 0 heterocycles. The molecule has 3 nitrogen and oxygen atoms in total. The van der Waals surface area contributed by atoms with Crippen molar-refractivity contribution in [2.75, 3.05) is 11.6 Å². The number of anilines is 1. The fourth-order valence-corrected chi connectivity index (χ4v) is 2.88. The average molecular weight is 264 g/mol. The normalized spacial score (nSPS) is 23.7. The molecule has 0 aromatic heterocycles. The first-order valence-electron chi connectivity index (χ1n) is 6.41. The number of carbonyl (C=O) groups excluding carboxylic acids is 1. The number of thioether (sulfide) groups is 1. The first kappa shape index (κ1) is 13.4. The Morgan fingerprint density at radius 2 is 2.17 bits per heavy atom. The molecule has 1 aliphatic carbocycles. The molecule has 1 aromatic carbocycles. The maximum Gasteiger partial charge on any atom is 0.229 e. The molecule has 1 amide bonds. The fourth-order valence-electron chi connectivity index (χ4n) is 2.42. The Morgan fingerprint density at radius 1 is 1.39 bits per heavy atom. The highest BCUT2D eigenvalue weighted by Crippen LogP contribution is 2.25. The lowest BCUT2D eigenvalue weighted by Gasteiger charge is -2.27. The van der Waals surface area contributed by atoms with Crippen molar-refractivity contribution >= 4 is 23.4 Å². The summed E-state index contributed by atoms with van der Waals surface area (Å²) >= 11 is 1.67. The summed E-state index contributed by atoms with van der Waals surface area (Å²) in [4.78, 5) is 13.3. The summed E-state index contributed by atoms with van der Waals surface area (Å²) in [7, 11) is 0. The van der Waals surface area contributed by atoms with Crippen molar-refractivity contribution in [3.63, 3.8) is 0 Å². The number of rotatable bonds is 3. The molecule has 18 heavy (non-hydrogen) atoms. The molecule has 1 saturated carbocycles. The third-order valence-electron chi connectivity index (χ3n) is 3.49. The van der Waals surface area contributed by atoms with Crippen LogP contribution in [0.5, 0.6) is 0 Å². The minimum absolute atomic E-state index is 0.0162. The van der Waals surface area contributed by atoms with Gasteiger partial charge in [0.05, 0.1) is 5.92 Å². The van der Waals surface area contributed by atoms with Crippen LogP contribution in [-0.2, 0) is 4.79 Å². The van der Waals surface area contributed by atoms with Gasteiger partial charge in [0.25, 0.3) is 0 Å². The van der Waals surface area contributed by atoms with Gasteiger partial charge >= 0.3 is 0 Å². The number of hydrogen-bond donors (Lipinski definition) is 2. The zero-order valence-electron chi connectivity index (χ0n) is 10.7. The van der Waals surface area contributed by atoms with Gasteiger partial charge in [0.2, 0.25) is 5.91 Å². The van der Waals surface area contributed by atoms with Gasteiger partial charge in [-0.3, -0.25) is 4.79 Å². The number of hydrogen-bond acceptors (Lipinski definition) is 3. The Morgan fingerprint density at radius 3 is 2.89 bits per heavy atom. The molecule has 1 aromatic rings. The van der Waals surface area contributed by atoms with E-state index >= 15 is 0 Å². The van der Waals surface area contributed by atoms with E-state index in [4.69, 9.17) is 5.73 Å². The molecule has 0 saturated heterocycles. The predicted octanol–water partition coefficient (Wildman–Crippen LogP) is 2.86. The van der Waals surface area contributed by atoms with Crippen LogP contribution in [0.15, 0.2) is 29.2 Å². The van der Waals surface area contributed by atoms with Crippen LogP contribution < -0.4 is 11.1 Å². The standard InChI is InChI=1S/C14H20N2OS/c1-18-11-6-4-5-10(9-11)16-14(17)12-7-2-3-8-13(12)15/h4-6,9,12-13H,2-3,7-8,15H2,1H3,(H,16,17). The molecule has 3 N–H and O–H groups in total. The van der Waals surface area contributed by atoms with E-state index in [0.29, 0.717) is 0 Å². The summed E-state index contributed by atoms with van der Waals surface area (Å²) in [6, 6.07) is 7.93. The smallest absolute Gasteiger partial charge is 0.229 e. The molecule has 98 valence electrons. The van der Waals surface area contributed by atoms with E-state index in [1.807, 2.05) is 30.5 Å². The third-order valence-corrected chi connectivity index (χ3v) is 4.22. The van der Waals surface area contributed by atoms with E-state index in [1.165, 1.54) is 0 Å². The van der Waals surface area contributed by atoms with Crippen molar-refractivity contribution in [1.29, 1.82) is 0 Å². The zero-order valence-corrected chi connectivity index (χ0v) is 11.5. The van der Waals surface area contributed by atoms with E-state index in [-0.39, 0.29) is 17.9 Å². The number of amides is 1. The Kier molecular flexibility index (Phi) is 4.66. The lowest BCUT2D eigenvalue weighted by atomic mass is 9.84. The highest BCUT2D eigenvalue weighted by atomic mass is 32.2. The molecule has 1 fully saturated rings. The van der Waals surface area contributed by atoms with Crippen LogP contribution in [0.25, 0.3) is 0 Å². The summed E-state index contributed by atoms with van der Waals surface area (Å²) in [5.74, 6) is 0.0390. The van der Waals surface area contributed by atoms with Gasteiger partial charge in [-0.05, 0) is 37.3 Å².